The Balaban J connectivity index is 0.00000118. The van der Waals surface area contributed by atoms with Gasteiger partial charge in [-0.05, 0) is 68.4 Å². The van der Waals surface area contributed by atoms with Crippen LogP contribution >= 0.6 is 0 Å². The number of fused-ring (bicyclic) bond motifs is 2. The van der Waals surface area contributed by atoms with Gasteiger partial charge in [0.2, 0.25) is 5.91 Å². The van der Waals surface area contributed by atoms with Gasteiger partial charge in [-0.15, -0.1) is 10.2 Å². The van der Waals surface area contributed by atoms with Gasteiger partial charge >= 0.3 is 0 Å². The Morgan fingerprint density at radius 2 is 1.88 bits per heavy atom. The number of nitrogens with one attached hydrogen (secondary N) is 1. The molecule has 9 nitrogen and oxygen atoms in total. The van der Waals surface area contributed by atoms with Crippen molar-refractivity contribution in [1.29, 1.82) is 0 Å². The minimum Gasteiger partial charge on any atom is -0.342 e. The van der Waals surface area contributed by atoms with E-state index in [1.807, 2.05) is 30.0 Å². The summed E-state index contributed by atoms with van der Waals surface area (Å²) in [5.74, 6) is 1.82. The monoisotopic (exact) mass is 545 g/mol. The normalized spacial score (nSPS) is 18.8. The van der Waals surface area contributed by atoms with E-state index in [-0.39, 0.29) is 11.8 Å². The molecule has 0 saturated carbocycles. The third-order valence-corrected chi connectivity index (χ3v) is 7.49. The van der Waals surface area contributed by atoms with Gasteiger partial charge < -0.3 is 14.8 Å². The van der Waals surface area contributed by atoms with E-state index < -0.39 is 0 Å². The van der Waals surface area contributed by atoms with Crippen molar-refractivity contribution in [1.82, 2.24) is 34.9 Å². The number of rotatable bonds is 7. The van der Waals surface area contributed by atoms with E-state index in [1.54, 1.807) is 12.3 Å². The van der Waals surface area contributed by atoms with Crippen molar-refractivity contribution in [3.8, 4) is 0 Å². The number of pyridine rings is 1. The van der Waals surface area contributed by atoms with Crippen molar-refractivity contribution < 1.29 is 9.59 Å². The zero-order chi connectivity index (χ0) is 28.6. The lowest BCUT2D eigenvalue weighted by Crippen LogP contribution is -2.41. The first-order chi connectivity index (χ1) is 19.3. The molecule has 3 aliphatic heterocycles. The fourth-order valence-corrected chi connectivity index (χ4v) is 5.34. The summed E-state index contributed by atoms with van der Waals surface area (Å²) < 4.78 is 2.20. The summed E-state index contributed by atoms with van der Waals surface area (Å²) in [6.07, 6.45) is 13.7. The van der Waals surface area contributed by atoms with Crippen molar-refractivity contribution in [3.63, 3.8) is 0 Å². The van der Waals surface area contributed by atoms with Crippen LogP contribution in [0, 0.1) is 0 Å². The van der Waals surface area contributed by atoms with Crippen LogP contribution in [0.4, 0.5) is 0 Å². The zero-order valence-corrected chi connectivity index (χ0v) is 24.4. The molecule has 2 amide bonds. The predicted molar refractivity (Wildman–Crippen MR) is 157 cm³/mol. The molecule has 40 heavy (non-hydrogen) atoms. The van der Waals surface area contributed by atoms with Gasteiger partial charge in [0.25, 0.3) is 5.91 Å². The second kappa shape index (κ2) is 13.7. The topological polar surface area (TPSA) is 96.2 Å². The lowest BCUT2D eigenvalue weighted by atomic mass is 10.0. The number of hydrogen-bond donors (Lipinski definition) is 1. The maximum atomic E-state index is 12.8. The smallest absolute Gasteiger partial charge is 0.274 e. The number of carbonyl (C=O) groups is 2. The Morgan fingerprint density at radius 1 is 1.12 bits per heavy atom. The van der Waals surface area contributed by atoms with E-state index in [2.05, 4.69) is 57.3 Å². The summed E-state index contributed by atoms with van der Waals surface area (Å²) in [6.45, 7) is 16.0. The van der Waals surface area contributed by atoms with Crippen LogP contribution in [0.15, 0.2) is 42.8 Å². The number of aryl methyl sites for hydroxylation is 1. The van der Waals surface area contributed by atoms with Crippen LogP contribution in [0.1, 0.15) is 92.7 Å². The van der Waals surface area contributed by atoms with Crippen LogP contribution in [0.2, 0.25) is 0 Å². The predicted octanol–water partition coefficient (Wildman–Crippen LogP) is 4.48. The summed E-state index contributed by atoms with van der Waals surface area (Å²) in [5.41, 5.74) is 4.02. The summed E-state index contributed by atoms with van der Waals surface area (Å²) in [5, 5.41) is 11.5. The number of amides is 2. The Hall–Kier alpha value is -3.59. The molecule has 1 N–H and O–H groups in total. The molecule has 0 aliphatic carbocycles. The Kier molecular flexibility index (Phi) is 10.0. The van der Waals surface area contributed by atoms with Gasteiger partial charge in [-0.25, -0.2) is 0 Å². The molecule has 1 saturated heterocycles. The van der Waals surface area contributed by atoms with Gasteiger partial charge in [0.15, 0.2) is 5.82 Å². The zero-order valence-electron chi connectivity index (χ0n) is 24.4. The minimum atomic E-state index is -0.299. The van der Waals surface area contributed by atoms with Gasteiger partial charge in [0.05, 0.1) is 6.54 Å². The van der Waals surface area contributed by atoms with Crippen molar-refractivity contribution in [2.45, 2.75) is 78.8 Å². The molecule has 0 radical (unpaired) electrons. The Labute approximate surface area is 238 Å². The number of aromatic nitrogens is 4. The number of hydrogen-bond acceptors (Lipinski definition) is 6. The van der Waals surface area contributed by atoms with Crippen LogP contribution in [-0.4, -0.2) is 67.5 Å². The van der Waals surface area contributed by atoms with E-state index in [0.29, 0.717) is 30.5 Å². The highest BCUT2D eigenvalue weighted by Crippen LogP contribution is 2.28. The first-order valence-corrected chi connectivity index (χ1v) is 14.6. The molecule has 214 valence electrons. The molecule has 3 aliphatic rings. The highest BCUT2D eigenvalue weighted by atomic mass is 16.2. The SMILES string of the molecule is C=C(/C=C\C=C(/C)c1nnc2n1C(C)CC2)NC(=O)c1cc2c(cn1)CCN(CC(=O)N1CCCC1)C2.CCC. The fourth-order valence-electron chi connectivity index (χ4n) is 5.34. The quantitative estimate of drug-likeness (QED) is 0.516. The molecular formula is C31H43N7O2. The molecule has 5 rings (SSSR count). The molecule has 1 fully saturated rings. The summed E-state index contributed by atoms with van der Waals surface area (Å²) in [4.78, 5) is 33.9. The molecule has 2 aromatic heterocycles. The molecule has 0 spiro atoms. The molecular weight excluding hydrogens is 502 g/mol. The van der Waals surface area contributed by atoms with Gasteiger partial charge in [-0.3, -0.25) is 19.5 Å². The van der Waals surface area contributed by atoms with E-state index in [0.717, 1.165) is 80.1 Å². The van der Waals surface area contributed by atoms with Gasteiger partial charge in [0.1, 0.15) is 11.5 Å². The number of carbonyl (C=O) groups excluding carboxylic acids is 2. The lowest BCUT2D eigenvalue weighted by molar-refractivity contribution is -0.131. The lowest BCUT2D eigenvalue weighted by Gasteiger charge is -2.29. The highest BCUT2D eigenvalue weighted by molar-refractivity contribution is 5.93. The maximum absolute atomic E-state index is 12.8. The third-order valence-electron chi connectivity index (χ3n) is 7.49. The molecule has 2 aromatic rings. The number of likely N-dealkylation sites (tertiary alicyclic amines) is 1. The van der Waals surface area contributed by atoms with Gasteiger partial charge in [-0.1, -0.05) is 39.0 Å². The van der Waals surface area contributed by atoms with E-state index in [9.17, 15) is 9.59 Å². The Morgan fingerprint density at radius 3 is 2.62 bits per heavy atom. The van der Waals surface area contributed by atoms with Crippen LogP contribution in [-0.2, 0) is 24.2 Å². The summed E-state index contributed by atoms with van der Waals surface area (Å²) in [6, 6.07) is 2.24. The first-order valence-electron chi connectivity index (χ1n) is 14.6. The van der Waals surface area contributed by atoms with Gasteiger partial charge in [-0.2, -0.15) is 0 Å². The fraction of sp³-hybridized carbons (Fsp3) is 0.516. The van der Waals surface area contributed by atoms with E-state index >= 15 is 0 Å². The largest absolute Gasteiger partial charge is 0.342 e. The van der Waals surface area contributed by atoms with E-state index in [1.165, 1.54) is 6.42 Å². The van der Waals surface area contributed by atoms with Crippen LogP contribution in [0.5, 0.6) is 0 Å². The average Bonchev–Trinajstić information content (AvgIpc) is 3.69. The van der Waals surface area contributed by atoms with E-state index in [4.69, 9.17) is 0 Å². The molecule has 0 bridgehead atoms. The molecule has 9 heteroatoms. The van der Waals surface area contributed by atoms with Crippen molar-refractivity contribution >= 4 is 17.4 Å². The second-order valence-electron chi connectivity index (χ2n) is 11.0. The minimum absolute atomic E-state index is 0.197. The van der Waals surface area contributed by atoms with Crippen LogP contribution in [0.3, 0.4) is 0 Å². The van der Waals surface area contributed by atoms with Crippen molar-refractivity contribution in [2.24, 2.45) is 0 Å². The van der Waals surface area contributed by atoms with Crippen molar-refractivity contribution in [2.75, 3.05) is 26.2 Å². The van der Waals surface area contributed by atoms with Gasteiger partial charge in [0, 0.05) is 50.5 Å². The summed E-state index contributed by atoms with van der Waals surface area (Å²) in [7, 11) is 0. The molecule has 5 heterocycles. The average molecular weight is 546 g/mol. The molecule has 1 unspecified atom stereocenters. The molecule has 0 aromatic carbocycles. The second-order valence-corrected chi connectivity index (χ2v) is 11.0. The van der Waals surface area contributed by atoms with Crippen LogP contribution in [0.25, 0.3) is 5.57 Å². The maximum Gasteiger partial charge on any atom is 0.274 e. The highest BCUT2D eigenvalue weighted by Gasteiger charge is 2.25. The van der Waals surface area contributed by atoms with Crippen LogP contribution < -0.4 is 5.32 Å². The standard InChI is InChI=1S/C28H35N7O2.C3H8/c1-19(27-32-31-25-10-9-21(3)35(25)27)7-6-8-20(2)30-28(37)24-15-23-17-33(14-11-22(23)16-29-24)18-26(36)34-12-4-5-13-34;1-3-2/h6-8,15-16,21H,2,4-5,9-14,17-18H2,1,3H3,(H,30,37);3H2,1-2H3/b8-6-,19-7+;. The number of nitrogens with zero attached hydrogens (tertiary/aromatic N) is 6. The van der Waals surface area contributed by atoms with Crippen molar-refractivity contribution in [3.05, 3.63) is 71.2 Å². The molecule has 1 atom stereocenters. The number of allylic oxidation sites excluding steroid dienone is 4. The summed E-state index contributed by atoms with van der Waals surface area (Å²) >= 11 is 0. The first kappa shape index (κ1) is 29.4. The Bertz CT molecular complexity index is 1290. The third kappa shape index (κ3) is 7.13.